The monoisotopic (exact) mass is 610 g/mol. The van der Waals surface area contributed by atoms with Crippen molar-refractivity contribution in [3.05, 3.63) is 101 Å². The number of anilines is 2. The van der Waals surface area contributed by atoms with E-state index < -0.39 is 35.0 Å². The van der Waals surface area contributed by atoms with Gasteiger partial charge in [-0.1, -0.05) is 57.9 Å². The molecule has 6 unspecified atom stereocenters. The van der Waals surface area contributed by atoms with Crippen LogP contribution < -0.4 is 9.80 Å². The van der Waals surface area contributed by atoms with Gasteiger partial charge in [0.2, 0.25) is 23.6 Å². The van der Waals surface area contributed by atoms with Gasteiger partial charge < -0.3 is 5.11 Å². The fourth-order valence-corrected chi connectivity index (χ4v) is 8.03. The zero-order chi connectivity index (χ0) is 28.6. The number of aromatic hydroxyl groups is 1. The summed E-state index contributed by atoms with van der Waals surface area (Å²) in [4.78, 5) is 58.7. The predicted molar refractivity (Wildman–Crippen MR) is 156 cm³/mol. The molecule has 1 N–H and O–H groups in total. The summed E-state index contributed by atoms with van der Waals surface area (Å²) < 4.78 is 0.842. The minimum absolute atomic E-state index is 0.0595. The molecular weight excluding hydrogens is 584 g/mol. The largest absolute Gasteiger partial charge is 0.508 e. The topological polar surface area (TPSA) is 95.0 Å². The van der Waals surface area contributed by atoms with E-state index in [0.29, 0.717) is 29.8 Å². The molecule has 7 rings (SSSR count). The van der Waals surface area contributed by atoms with Gasteiger partial charge in [0.05, 0.1) is 34.5 Å². The number of nitrogens with zero attached hydrogens (tertiary/aromatic N) is 2. The Kier molecular flexibility index (Phi) is 5.84. The first-order chi connectivity index (χ1) is 19.7. The molecule has 0 aromatic heterocycles. The van der Waals surface area contributed by atoms with Crippen LogP contribution in [-0.2, 0) is 19.2 Å². The molecule has 2 saturated heterocycles. The second-order valence-corrected chi connectivity index (χ2v) is 12.5. The fourth-order valence-electron chi connectivity index (χ4n) is 7.77. The molecule has 6 atom stereocenters. The third-order valence-corrected chi connectivity index (χ3v) is 10.1. The number of phenols is 1. The Hall–Kier alpha value is -4.04. The third-order valence-electron chi connectivity index (χ3n) is 9.58. The zero-order valence-corrected chi connectivity index (χ0v) is 23.8. The lowest BCUT2D eigenvalue weighted by atomic mass is 9.51. The number of imide groups is 2. The molecular formula is C33H27BrN2O5. The number of amides is 4. The Labute approximate surface area is 245 Å². The second-order valence-electron chi connectivity index (χ2n) is 11.6. The Balaban J connectivity index is 1.36. The molecule has 3 fully saturated rings. The van der Waals surface area contributed by atoms with E-state index in [9.17, 15) is 24.3 Å². The highest BCUT2D eigenvalue weighted by Gasteiger charge is 2.67. The molecule has 206 valence electrons. The van der Waals surface area contributed by atoms with Gasteiger partial charge in [-0.2, -0.15) is 0 Å². The summed E-state index contributed by atoms with van der Waals surface area (Å²) in [5.41, 5.74) is 1.50. The lowest BCUT2D eigenvalue weighted by molar-refractivity contribution is -0.131. The SMILES string of the molecule is CC12C(=O)N(c3ccccc3)C(=O)C1CC1C(=CCC3C(=O)N(c4ccc(Br)cc4)C(=O)C31)C2c1cccc(O)c1. The van der Waals surface area contributed by atoms with Crippen LogP contribution in [0.4, 0.5) is 11.4 Å². The van der Waals surface area contributed by atoms with Gasteiger partial charge in [0.15, 0.2) is 0 Å². The Morgan fingerprint density at radius 1 is 0.805 bits per heavy atom. The van der Waals surface area contributed by atoms with Gasteiger partial charge in [-0.3, -0.25) is 24.1 Å². The van der Waals surface area contributed by atoms with Gasteiger partial charge in [-0.25, -0.2) is 4.90 Å². The van der Waals surface area contributed by atoms with Crippen molar-refractivity contribution in [1.82, 2.24) is 0 Å². The minimum atomic E-state index is -1.13. The highest BCUT2D eigenvalue weighted by Crippen LogP contribution is 2.63. The number of fused-ring (bicyclic) bond motifs is 4. The number of benzene rings is 3. The van der Waals surface area contributed by atoms with E-state index in [1.54, 1.807) is 66.7 Å². The number of rotatable bonds is 3. The molecule has 2 heterocycles. The zero-order valence-electron chi connectivity index (χ0n) is 22.2. The van der Waals surface area contributed by atoms with E-state index in [-0.39, 0.29) is 29.4 Å². The summed E-state index contributed by atoms with van der Waals surface area (Å²) in [5.74, 6) is -3.85. The van der Waals surface area contributed by atoms with Crippen LogP contribution in [0.2, 0.25) is 0 Å². The van der Waals surface area contributed by atoms with Gasteiger partial charge in [0, 0.05) is 10.4 Å². The average Bonchev–Trinajstić information content (AvgIpc) is 3.33. The van der Waals surface area contributed by atoms with Crippen molar-refractivity contribution in [2.24, 2.45) is 29.1 Å². The maximum atomic E-state index is 14.3. The van der Waals surface area contributed by atoms with Crippen molar-refractivity contribution >= 4 is 50.9 Å². The summed E-state index contributed by atoms with van der Waals surface area (Å²) in [7, 11) is 0. The van der Waals surface area contributed by atoms with E-state index in [2.05, 4.69) is 15.9 Å². The third kappa shape index (κ3) is 3.63. The molecule has 2 aliphatic heterocycles. The molecule has 0 bridgehead atoms. The Bertz CT molecular complexity index is 1650. The summed E-state index contributed by atoms with van der Waals surface area (Å²) in [6, 6.07) is 22.8. The normalized spacial score (nSPS) is 30.7. The summed E-state index contributed by atoms with van der Waals surface area (Å²) in [6.07, 6.45) is 2.68. The Morgan fingerprint density at radius 2 is 1.51 bits per heavy atom. The lowest BCUT2D eigenvalue weighted by Crippen LogP contribution is -2.48. The van der Waals surface area contributed by atoms with E-state index in [4.69, 9.17) is 0 Å². The van der Waals surface area contributed by atoms with E-state index in [1.165, 1.54) is 9.80 Å². The molecule has 4 amide bonds. The summed E-state index contributed by atoms with van der Waals surface area (Å²) in [5, 5.41) is 10.4. The van der Waals surface area contributed by atoms with Crippen molar-refractivity contribution in [3.63, 3.8) is 0 Å². The number of carbonyl (C=O) groups is 4. The maximum absolute atomic E-state index is 14.3. The number of carbonyl (C=O) groups excluding carboxylic acids is 4. The number of allylic oxidation sites excluding steroid dienone is 2. The standard InChI is InChI=1S/C33H27BrN2O5/c1-33-26(30(39)36(32(33)41)20-7-3-2-4-8-20)17-25-23(28(33)18-6-5-9-22(37)16-18)14-15-24-27(25)31(40)35(29(24)38)21-12-10-19(34)11-13-21/h2-14,16,24-28,37H,15,17H2,1H3. The fraction of sp³-hybridized carbons (Fsp3) is 0.273. The molecule has 8 heteroatoms. The van der Waals surface area contributed by atoms with Crippen molar-refractivity contribution in [2.45, 2.75) is 25.7 Å². The molecule has 3 aromatic rings. The maximum Gasteiger partial charge on any atom is 0.241 e. The van der Waals surface area contributed by atoms with Gasteiger partial charge >= 0.3 is 0 Å². The summed E-state index contributed by atoms with van der Waals surface area (Å²) >= 11 is 3.41. The molecule has 3 aromatic carbocycles. The highest BCUT2D eigenvalue weighted by atomic mass is 79.9. The number of halogens is 1. The molecule has 2 aliphatic carbocycles. The van der Waals surface area contributed by atoms with Crippen LogP contribution in [0, 0.1) is 29.1 Å². The summed E-state index contributed by atoms with van der Waals surface area (Å²) in [6.45, 7) is 1.84. The minimum Gasteiger partial charge on any atom is -0.508 e. The van der Waals surface area contributed by atoms with Crippen LogP contribution in [0.1, 0.15) is 31.2 Å². The second kappa shape index (κ2) is 9.24. The first-order valence-corrected chi connectivity index (χ1v) is 14.6. The van der Waals surface area contributed by atoms with Gasteiger partial charge in [0.1, 0.15) is 5.75 Å². The molecule has 0 spiro atoms. The van der Waals surface area contributed by atoms with Gasteiger partial charge in [0.25, 0.3) is 0 Å². The van der Waals surface area contributed by atoms with Crippen LogP contribution in [0.15, 0.2) is 95.0 Å². The highest BCUT2D eigenvalue weighted by molar-refractivity contribution is 9.10. The van der Waals surface area contributed by atoms with E-state index in [0.717, 1.165) is 10.0 Å². The van der Waals surface area contributed by atoms with Crippen LogP contribution in [0.5, 0.6) is 5.75 Å². The van der Waals surface area contributed by atoms with Crippen molar-refractivity contribution in [2.75, 3.05) is 9.80 Å². The molecule has 4 aliphatic rings. The molecule has 7 nitrogen and oxygen atoms in total. The van der Waals surface area contributed by atoms with Crippen LogP contribution >= 0.6 is 15.9 Å². The molecule has 0 radical (unpaired) electrons. The molecule has 41 heavy (non-hydrogen) atoms. The first kappa shape index (κ1) is 25.9. The van der Waals surface area contributed by atoms with Crippen LogP contribution in [0.25, 0.3) is 0 Å². The number of hydrogen-bond donors (Lipinski definition) is 1. The van der Waals surface area contributed by atoms with Crippen molar-refractivity contribution in [3.8, 4) is 5.75 Å². The number of phenolic OH excluding ortho intramolecular Hbond substituents is 1. The number of para-hydroxylation sites is 1. The van der Waals surface area contributed by atoms with Gasteiger partial charge in [-0.15, -0.1) is 0 Å². The van der Waals surface area contributed by atoms with Crippen LogP contribution in [-0.4, -0.2) is 28.7 Å². The predicted octanol–water partition coefficient (Wildman–Crippen LogP) is 5.59. The van der Waals surface area contributed by atoms with Crippen molar-refractivity contribution < 1.29 is 24.3 Å². The lowest BCUT2D eigenvalue weighted by Gasteiger charge is -2.49. The van der Waals surface area contributed by atoms with Crippen LogP contribution in [0.3, 0.4) is 0 Å². The van der Waals surface area contributed by atoms with Gasteiger partial charge in [-0.05, 0) is 79.8 Å². The van der Waals surface area contributed by atoms with E-state index in [1.807, 2.05) is 25.1 Å². The Morgan fingerprint density at radius 3 is 2.22 bits per heavy atom. The quantitative estimate of drug-likeness (QED) is 0.308. The smallest absolute Gasteiger partial charge is 0.241 e. The average molecular weight is 611 g/mol. The van der Waals surface area contributed by atoms with Crippen molar-refractivity contribution in [1.29, 1.82) is 0 Å². The van der Waals surface area contributed by atoms with E-state index >= 15 is 0 Å². The first-order valence-electron chi connectivity index (χ1n) is 13.8. The number of hydrogen-bond acceptors (Lipinski definition) is 5. The molecule has 1 saturated carbocycles.